The summed E-state index contributed by atoms with van der Waals surface area (Å²) in [4.78, 5) is 22.9. The van der Waals surface area contributed by atoms with E-state index in [0.717, 1.165) is 16.0 Å². The Morgan fingerprint density at radius 2 is 1.81 bits per heavy atom. The summed E-state index contributed by atoms with van der Waals surface area (Å²) in [6.07, 6.45) is -0.959. The van der Waals surface area contributed by atoms with Crippen LogP contribution < -0.4 is 0 Å². The highest BCUT2D eigenvalue weighted by Gasteiger charge is 2.34. The largest absolute Gasteiger partial charge is 0.480 e. The Morgan fingerprint density at radius 3 is 2.38 bits per heavy atom. The Kier molecular flexibility index (Phi) is 2.52. The molecule has 1 atom stereocenters. The molecule has 0 unspecified atom stereocenters. The van der Waals surface area contributed by atoms with E-state index in [2.05, 4.69) is 0 Å². The standard InChI is InChI=1S/C11H11NO4/c13-10(14)9-5-7-3-1-2-4-8(7)6-12(9)11(15)16/h1-4,9H,5-6H2,(H,13,14)(H,15,16)/t9-/m1/s1. The molecule has 1 aliphatic heterocycles. The van der Waals surface area contributed by atoms with Crippen molar-refractivity contribution in [2.75, 3.05) is 0 Å². The topological polar surface area (TPSA) is 77.8 Å². The molecular weight excluding hydrogens is 210 g/mol. The molecule has 0 aromatic heterocycles. The molecule has 1 aromatic carbocycles. The highest BCUT2D eigenvalue weighted by molar-refractivity contribution is 5.80. The number of hydrogen-bond acceptors (Lipinski definition) is 2. The molecule has 0 saturated carbocycles. The molecule has 2 N–H and O–H groups in total. The maximum Gasteiger partial charge on any atom is 0.408 e. The van der Waals surface area contributed by atoms with Crippen LogP contribution in [0.5, 0.6) is 0 Å². The van der Waals surface area contributed by atoms with Gasteiger partial charge in [0.2, 0.25) is 0 Å². The first-order valence-electron chi connectivity index (χ1n) is 4.88. The quantitative estimate of drug-likeness (QED) is 0.746. The van der Waals surface area contributed by atoms with Gasteiger partial charge in [0, 0.05) is 6.42 Å². The third-order valence-electron chi connectivity index (χ3n) is 2.78. The lowest BCUT2D eigenvalue weighted by atomic mass is 9.94. The number of hydrogen-bond donors (Lipinski definition) is 2. The fourth-order valence-electron chi connectivity index (χ4n) is 1.94. The van der Waals surface area contributed by atoms with Gasteiger partial charge in [0.1, 0.15) is 6.04 Å². The van der Waals surface area contributed by atoms with Crippen LogP contribution in [0.3, 0.4) is 0 Å². The van der Waals surface area contributed by atoms with E-state index in [1.54, 1.807) is 0 Å². The molecular formula is C11H11NO4. The van der Waals surface area contributed by atoms with Gasteiger partial charge in [-0.25, -0.2) is 9.59 Å². The second-order valence-corrected chi connectivity index (χ2v) is 3.74. The fraction of sp³-hybridized carbons (Fsp3) is 0.273. The van der Waals surface area contributed by atoms with Crippen molar-refractivity contribution in [1.82, 2.24) is 4.90 Å². The number of fused-ring (bicyclic) bond motifs is 1. The van der Waals surface area contributed by atoms with Crippen LogP contribution in [0.4, 0.5) is 4.79 Å². The number of benzene rings is 1. The van der Waals surface area contributed by atoms with E-state index in [4.69, 9.17) is 10.2 Å². The minimum atomic E-state index is -1.19. The van der Waals surface area contributed by atoms with Crippen molar-refractivity contribution >= 4 is 12.1 Å². The first-order valence-corrected chi connectivity index (χ1v) is 4.88. The van der Waals surface area contributed by atoms with Crippen molar-refractivity contribution in [3.05, 3.63) is 35.4 Å². The summed E-state index contributed by atoms with van der Waals surface area (Å²) in [7, 11) is 0. The fourth-order valence-corrected chi connectivity index (χ4v) is 1.94. The van der Waals surface area contributed by atoms with Crippen LogP contribution in [0.1, 0.15) is 11.1 Å². The van der Waals surface area contributed by atoms with Gasteiger partial charge >= 0.3 is 12.1 Å². The van der Waals surface area contributed by atoms with Crippen molar-refractivity contribution in [2.24, 2.45) is 0 Å². The van der Waals surface area contributed by atoms with E-state index >= 15 is 0 Å². The van der Waals surface area contributed by atoms with E-state index in [0.29, 0.717) is 0 Å². The van der Waals surface area contributed by atoms with Crippen LogP contribution >= 0.6 is 0 Å². The van der Waals surface area contributed by atoms with Crippen molar-refractivity contribution in [3.8, 4) is 0 Å². The second kappa shape index (κ2) is 3.84. The van der Waals surface area contributed by atoms with Crippen LogP contribution in [0.2, 0.25) is 0 Å². The maximum absolute atomic E-state index is 11.0. The van der Waals surface area contributed by atoms with Crippen molar-refractivity contribution in [3.63, 3.8) is 0 Å². The molecule has 0 aliphatic carbocycles. The monoisotopic (exact) mass is 221 g/mol. The average molecular weight is 221 g/mol. The second-order valence-electron chi connectivity index (χ2n) is 3.74. The lowest BCUT2D eigenvalue weighted by molar-refractivity contribution is -0.143. The van der Waals surface area contributed by atoms with Gasteiger partial charge in [-0.15, -0.1) is 0 Å². The predicted octanol–water partition coefficient (Wildman–Crippen LogP) is 1.18. The van der Waals surface area contributed by atoms with Crippen LogP contribution in [0.15, 0.2) is 24.3 Å². The summed E-state index contributed by atoms with van der Waals surface area (Å²) < 4.78 is 0. The molecule has 84 valence electrons. The zero-order chi connectivity index (χ0) is 11.7. The molecule has 0 saturated heterocycles. The van der Waals surface area contributed by atoms with Crippen LogP contribution in [-0.2, 0) is 17.8 Å². The van der Waals surface area contributed by atoms with E-state index in [9.17, 15) is 9.59 Å². The molecule has 1 aromatic rings. The zero-order valence-corrected chi connectivity index (χ0v) is 8.46. The van der Waals surface area contributed by atoms with Gasteiger partial charge in [0.25, 0.3) is 0 Å². The van der Waals surface area contributed by atoms with Crippen molar-refractivity contribution in [1.29, 1.82) is 0 Å². The number of aliphatic carboxylic acids is 1. The van der Waals surface area contributed by atoms with Crippen molar-refractivity contribution in [2.45, 2.75) is 19.0 Å². The highest BCUT2D eigenvalue weighted by atomic mass is 16.4. The maximum atomic E-state index is 11.0. The van der Waals surface area contributed by atoms with Gasteiger partial charge in [-0.2, -0.15) is 0 Å². The Labute approximate surface area is 91.9 Å². The Hall–Kier alpha value is -2.04. The molecule has 0 bridgehead atoms. The first-order chi connectivity index (χ1) is 7.59. The summed E-state index contributed by atoms with van der Waals surface area (Å²) in [6.45, 7) is 0.141. The third-order valence-corrected chi connectivity index (χ3v) is 2.78. The molecule has 2 rings (SSSR count). The average Bonchev–Trinajstić information content (AvgIpc) is 2.27. The van der Waals surface area contributed by atoms with Gasteiger partial charge in [-0.1, -0.05) is 24.3 Å². The molecule has 0 radical (unpaired) electrons. The molecule has 5 nitrogen and oxygen atoms in total. The molecule has 0 fully saturated rings. The molecule has 5 heteroatoms. The van der Waals surface area contributed by atoms with Gasteiger partial charge in [0.15, 0.2) is 0 Å². The van der Waals surface area contributed by atoms with E-state index in [-0.39, 0.29) is 13.0 Å². The molecule has 1 heterocycles. The summed E-state index contributed by atoms with van der Waals surface area (Å²) in [6, 6.07) is 6.33. The van der Waals surface area contributed by atoms with Gasteiger partial charge in [-0.3, -0.25) is 4.90 Å². The number of carbonyl (C=O) groups is 2. The molecule has 1 amide bonds. The minimum Gasteiger partial charge on any atom is -0.480 e. The first kappa shape index (κ1) is 10.5. The SMILES string of the molecule is O=C(O)[C@H]1Cc2ccccc2CN1C(=O)O. The lowest BCUT2D eigenvalue weighted by Crippen LogP contribution is -2.48. The smallest absolute Gasteiger partial charge is 0.408 e. The Morgan fingerprint density at radius 1 is 1.19 bits per heavy atom. The summed E-state index contributed by atoms with van der Waals surface area (Å²) in [5.74, 6) is -1.10. The van der Waals surface area contributed by atoms with Gasteiger partial charge in [-0.05, 0) is 11.1 Å². The zero-order valence-electron chi connectivity index (χ0n) is 8.46. The summed E-state index contributed by atoms with van der Waals surface area (Å²) in [5, 5.41) is 17.9. The Bertz CT molecular complexity index is 402. The molecule has 0 spiro atoms. The van der Waals surface area contributed by atoms with Gasteiger partial charge in [0.05, 0.1) is 6.54 Å². The number of carboxylic acids is 1. The highest BCUT2D eigenvalue weighted by Crippen LogP contribution is 2.23. The number of amides is 1. The molecule has 1 aliphatic rings. The van der Waals surface area contributed by atoms with Crippen LogP contribution in [-0.4, -0.2) is 33.2 Å². The number of nitrogens with zero attached hydrogens (tertiary/aromatic N) is 1. The summed E-state index contributed by atoms with van der Waals surface area (Å²) in [5.41, 5.74) is 1.79. The third kappa shape index (κ3) is 1.71. The van der Waals surface area contributed by atoms with E-state index in [1.807, 2.05) is 24.3 Å². The van der Waals surface area contributed by atoms with Crippen LogP contribution in [0.25, 0.3) is 0 Å². The van der Waals surface area contributed by atoms with Crippen LogP contribution in [0, 0.1) is 0 Å². The lowest BCUT2D eigenvalue weighted by Gasteiger charge is -2.32. The van der Waals surface area contributed by atoms with E-state index < -0.39 is 18.1 Å². The van der Waals surface area contributed by atoms with Crippen molar-refractivity contribution < 1.29 is 19.8 Å². The van der Waals surface area contributed by atoms with E-state index in [1.165, 1.54) is 0 Å². The normalized spacial score (nSPS) is 19.0. The minimum absolute atomic E-state index is 0.141. The van der Waals surface area contributed by atoms with Gasteiger partial charge < -0.3 is 10.2 Å². The number of rotatable bonds is 1. The predicted molar refractivity (Wildman–Crippen MR) is 55.1 cm³/mol. The molecule has 16 heavy (non-hydrogen) atoms. The number of carboxylic acid groups (broad SMARTS) is 2. The summed E-state index contributed by atoms with van der Waals surface area (Å²) >= 11 is 0. The Balaban J connectivity index is 2.37.